The molecule has 0 saturated carbocycles. The summed E-state index contributed by atoms with van der Waals surface area (Å²) in [7, 11) is 0. The molecule has 1 heterocycles. The van der Waals surface area contributed by atoms with Gasteiger partial charge < -0.3 is 4.74 Å². The third-order valence-corrected chi connectivity index (χ3v) is 3.40. The first-order valence-electron chi connectivity index (χ1n) is 6.12. The van der Waals surface area contributed by atoms with E-state index in [0.29, 0.717) is 12.1 Å². The topological polar surface area (TPSA) is 12.5 Å². The molecule has 1 saturated heterocycles. The predicted octanol–water partition coefficient (Wildman–Crippen LogP) is 2.86. The van der Waals surface area contributed by atoms with Crippen LogP contribution in [0.15, 0.2) is 30.3 Å². The van der Waals surface area contributed by atoms with Crippen LogP contribution in [0.2, 0.25) is 0 Å². The Morgan fingerprint density at radius 2 is 1.94 bits per heavy atom. The van der Waals surface area contributed by atoms with Crippen molar-refractivity contribution >= 4 is 0 Å². The Labute approximate surface area is 98.2 Å². The molecule has 0 aliphatic carbocycles. The average molecular weight is 219 g/mol. The van der Waals surface area contributed by atoms with E-state index in [1.165, 1.54) is 5.56 Å². The van der Waals surface area contributed by atoms with Gasteiger partial charge in [-0.15, -0.1) is 0 Å². The molecule has 0 aromatic heterocycles. The van der Waals surface area contributed by atoms with Crippen LogP contribution < -0.4 is 0 Å². The molecule has 1 aromatic carbocycles. The molecule has 1 aromatic rings. The minimum atomic E-state index is 0.220. The third kappa shape index (κ3) is 2.28. The minimum Gasteiger partial charge on any atom is -0.371 e. The van der Waals surface area contributed by atoms with Gasteiger partial charge in [-0.25, -0.2) is 0 Å². The van der Waals surface area contributed by atoms with Gasteiger partial charge in [0.2, 0.25) is 0 Å². The monoisotopic (exact) mass is 219 g/mol. The zero-order valence-corrected chi connectivity index (χ0v) is 10.4. The number of ether oxygens (including phenoxy) is 1. The lowest BCUT2D eigenvalue weighted by Gasteiger charge is -2.41. The molecule has 0 amide bonds. The van der Waals surface area contributed by atoms with Crippen molar-refractivity contribution in [2.75, 3.05) is 13.2 Å². The van der Waals surface area contributed by atoms with E-state index in [2.05, 4.69) is 56.0 Å². The van der Waals surface area contributed by atoms with Crippen LogP contribution in [0.4, 0.5) is 0 Å². The summed E-state index contributed by atoms with van der Waals surface area (Å²) in [5, 5.41) is 0. The highest BCUT2D eigenvalue weighted by atomic mass is 16.5. The van der Waals surface area contributed by atoms with Gasteiger partial charge in [-0.05, 0) is 26.3 Å². The average Bonchev–Trinajstić information content (AvgIpc) is 2.30. The van der Waals surface area contributed by atoms with Gasteiger partial charge in [0.25, 0.3) is 0 Å². The summed E-state index contributed by atoms with van der Waals surface area (Å²) in [6.07, 6.45) is 0.220. The summed E-state index contributed by atoms with van der Waals surface area (Å²) < 4.78 is 5.92. The smallest absolute Gasteiger partial charge is 0.0978 e. The van der Waals surface area contributed by atoms with E-state index in [9.17, 15) is 0 Å². The highest BCUT2D eigenvalue weighted by molar-refractivity contribution is 5.19. The Balaban J connectivity index is 2.16. The van der Waals surface area contributed by atoms with Gasteiger partial charge in [-0.2, -0.15) is 0 Å². The maximum absolute atomic E-state index is 5.92. The van der Waals surface area contributed by atoms with Gasteiger partial charge in [-0.3, -0.25) is 4.90 Å². The van der Waals surface area contributed by atoms with Crippen molar-refractivity contribution in [1.82, 2.24) is 4.90 Å². The zero-order chi connectivity index (χ0) is 11.5. The lowest BCUT2D eigenvalue weighted by molar-refractivity contribution is -0.0777. The first-order valence-corrected chi connectivity index (χ1v) is 6.12. The fourth-order valence-corrected chi connectivity index (χ4v) is 2.55. The van der Waals surface area contributed by atoms with E-state index in [0.717, 1.165) is 13.2 Å². The summed E-state index contributed by atoms with van der Waals surface area (Å²) in [6, 6.07) is 11.6. The van der Waals surface area contributed by atoms with Gasteiger partial charge in [0.1, 0.15) is 0 Å². The fraction of sp³-hybridized carbons (Fsp3) is 0.571. The number of hydrogen-bond donors (Lipinski definition) is 0. The van der Waals surface area contributed by atoms with Crippen molar-refractivity contribution in [2.45, 2.75) is 39.0 Å². The van der Waals surface area contributed by atoms with E-state index >= 15 is 0 Å². The molecule has 2 atom stereocenters. The molecule has 2 nitrogen and oxygen atoms in total. The van der Waals surface area contributed by atoms with E-state index in [1.807, 2.05) is 0 Å². The molecule has 2 rings (SSSR count). The molecule has 2 heteroatoms. The summed E-state index contributed by atoms with van der Waals surface area (Å²) in [5.41, 5.74) is 1.29. The van der Waals surface area contributed by atoms with Gasteiger partial charge in [0.05, 0.1) is 12.7 Å². The van der Waals surface area contributed by atoms with Crippen molar-refractivity contribution < 1.29 is 4.74 Å². The van der Waals surface area contributed by atoms with E-state index in [1.54, 1.807) is 0 Å². The SMILES string of the molecule is CC(C)N1CCO[C@@H](c2ccccc2)[C@@H]1C. The second-order valence-corrected chi connectivity index (χ2v) is 4.77. The molecular formula is C14H21NO. The first kappa shape index (κ1) is 11.6. The number of nitrogens with zero attached hydrogens (tertiary/aromatic N) is 1. The second kappa shape index (κ2) is 4.98. The zero-order valence-electron chi connectivity index (χ0n) is 10.4. The predicted molar refractivity (Wildman–Crippen MR) is 66.4 cm³/mol. The molecule has 0 bridgehead atoms. The third-order valence-electron chi connectivity index (χ3n) is 3.40. The van der Waals surface area contributed by atoms with E-state index < -0.39 is 0 Å². The Bertz CT molecular complexity index is 323. The molecule has 1 fully saturated rings. The molecule has 16 heavy (non-hydrogen) atoms. The molecule has 88 valence electrons. The maximum Gasteiger partial charge on any atom is 0.0978 e. The quantitative estimate of drug-likeness (QED) is 0.758. The van der Waals surface area contributed by atoms with E-state index in [4.69, 9.17) is 4.74 Å². The van der Waals surface area contributed by atoms with Crippen molar-refractivity contribution in [3.05, 3.63) is 35.9 Å². The standard InChI is InChI=1S/C14H21NO/c1-11(2)15-9-10-16-14(12(15)3)13-7-5-4-6-8-13/h4-8,11-12,14H,9-10H2,1-3H3/t12-,14+/m0/s1. The number of hydrogen-bond acceptors (Lipinski definition) is 2. The second-order valence-electron chi connectivity index (χ2n) is 4.77. The molecule has 0 spiro atoms. The summed E-state index contributed by atoms with van der Waals surface area (Å²) in [6.45, 7) is 8.65. The Hall–Kier alpha value is -0.860. The van der Waals surface area contributed by atoms with Crippen molar-refractivity contribution in [3.63, 3.8) is 0 Å². The normalized spacial score (nSPS) is 27.2. The molecule has 0 radical (unpaired) electrons. The van der Waals surface area contributed by atoms with E-state index in [-0.39, 0.29) is 6.10 Å². The number of benzene rings is 1. The van der Waals surface area contributed by atoms with Crippen LogP contribution in [0.3, 0.4) is 0 Å². The van der Waals surface area contributed by atoms with Crippen LogP contribution in [0.5, 0.6) is 0 Å². The van der Waals surface area contributed by atoms with Gasteiger partial charge >= 0.3 is 0 Å². The highest BCUT2D eigenvalue weighted by Gasteiger charge is 2.30. The van der Waals surface area contributed by atoms with Gasteiger partial charge in [-0.1, -0.05) is 30.3 Å². The minimum absolute atomic E-state index is 0.220. The van der Waals surface area contributed by atoms with Crippen LogP contribution in [-0.2, 0) is 4.74 Å². The Morgan fingerprint density at radius 3 is 2.56 bits per heavy atom. The molecular weight excluding hydrogens is 198 g/mol. The van der Waals surface area contributed by atoms with Gasteiger partial charge in [0, 0.05) is 18.6 Å². The van der Waals surface area contributed by atoms with Crippen LogP contribution in [0, 0.1) is 0 Å². The lowest BCUT2D eigenvalue weighted by atomic mass is 9.99. The lowest BCUT2D eigenvalue weighted by Crippen LogP contribution is -2.48. The maximum atomic E-state index is 5.92. The number of morpholine rings is 1. The van der Waals surface area contributed by atoms with Crippen LogP contribution in [0.1, 0.15) is 32.4 Å². The molecule has 0 unspecified atom stereocenters. The Kier molecular flexibility index (Phi) is 3.62. The van der Waals surface area contributed by atoms with Crippen molar-refractivity contribution in [2.24, 2.45) is 0 Å². The molecule has 1 aliphatic heterocycles. The largest absolute Gasteiger partial charge is 0.371 e. The first-order chi connectivity index (χ1) is 7.70. The van der Waals surface area contributed by atoms with Crippen LogP contribution >= 0.6 is 0 Å². The van der Waals surface area contributed by atoms with Crippen LogP contribution in [0.25, 0.3) is 0 Å². The molecule has 1 aliphatic rings. The van der Waals surface area contributed by atoms with Crippen molar-refractivity contribution in [1.29, 1.82) is 0 Å². The number of rotatable bonds is 2. The van der Waals surface area contributed by atoms with Gasteiger partial charge in [0.15, 0.2) is 0 Å². The van der Waals surface area contributed by atoms with Crippen molar-refractivity contribution in [3.8, 4) is 0 Å². The fourth-order valence-electron chi connectivity index (χ4n) is 2.55. The molecule has 0 N–H and O–H groups in total. The highest BCUT2D eigenvalue weighted by Crippen LogP contribution is 2.29. The van der Waals surface area contributed by atoms with Crippen LogP contribution in [-0.4, -0.2) is 30.1 Å². The summed E-state index contributed by atoms with van der Waals surface area (Å²) >= 11 is 0. The summed E-state index contributed by atoms with van der Waals surface area (Å²) in [5.74, 6) is 0. The Morgan fingerprint density at radius 1 is 1.25 bits per heavy atom. The summed E-state index contributed by atoms with van der Waals surface area (Å²) in [4.78, 5) is 2.52.